The molecule has 2 heterocycles. The number of alkyl halides is 3. The van der Waals surface area contributed by atoms with Gasteiger partial charge < -0.3 is 9.47 Å². The second-order valence-electron chi connectivity index (χ2n) is 6.85. The molecule has 0 aliphatic carbocycles. The van der Waals surface area contributed by atoms with Crippen LogP contribution in [0.15, 0.2) is 48.7 Å². The highest BCUT2D eigenvalue weighted by atomic mass is 19.4. The van der Waals surface area contributed by atoms with Gasteiger partial charge in [-0.05, 0) is 42.8 Å². The van der Waals surface area contributed by atoms with Crippen molar-refractivity contribution in [3.05, 3.63) is 71.6 Å². The van der Waals surface area contributed by atoms with Gasteiger partial charge in [0.15, 0.2) is 0 Å². The third-order valence-electron chi connectivity index (χ3n) is 4.54. The van der Waals surface area contributed by atoms with Crippen molar-refractivity contribution in [2.45, 2.75) is 26.4 Å². The quantitative estimate of drug-likeness (QED) is 0.542. The number of halogens is 4. The monoisotopic (exact) mass is 433 g/mol. The Morgan fingerprint density at radius 2 is 1.97 bits per heavy atom. The van der Waals surface area contributed by atoms with Gasteiger partial charge in [-0.1, -0.05) is 6.07 Å². The van der Waals surface area contributed by atoms with E-state index in [0.717, 1.165) is 11.8 Å². The number of aryl methyl sites for hydroxylation is 1. The molecule has 0 bridgehead atoms. The molecule has 4 rings (SSSR count). The SMILES string of the molecule is Cc1ccnc(CN2Cc3cc(-c4ccc(OC(F)(F)F)cc4F)ccc3OC2=O)n1. The second-order valence-corrected chi connectivity index (χ2v) is 6.85. The zero-order valence-corrected chi connectivity index (χ0v) is 16.1. The van der Waals surface area contributed by atoms with Gasteiger partial charge in [-0.15, -0.1) is 13.2 Å². The highest BCUT2D eigenvalue weighted by Gasteiger charge is 2.31. The third-order valence-corrected chi connectivity index (χ3v) is 4.54. The first-order valence-corrected chi connectivity index (χ1v) is 9.12. The number of amides is 1. The lowest BCUT2D eigenvalue weighted by Gasteiger charge is -2.27. The summed E-state index contributed by atoms with van der Waals surface area (Å²) in [5, 5.41) is 0. The Morgan fingerprint density at radius 3 is 2.68 bits per heavy atom. The number of nitrogens with zero attached hydrogens (tertiary/aromatic N) is 3. The van der Waals surface area contributed by atoms with Crippen molar-refractivity contribution in [3.8, 4) is 22.6 Å². The molecule has 0 radical (unpaired) electrons. The van der Waals surface area contributed by atoms with Crippen LogP contribution in [0.1, 0.15) is 17.1 Å². The number of carbonyl (C=O) groups is 1. The van der Waals surface area contributed by atoms with Crippen LogP contribution in [-0.2, 0) is 13.1 Å². The molecule has 0 saturated carbocycles. The summed E-state index contributed by atoms with van der Waals surface area (Å²) in [7, 11) is 0. The maximum absolute atomic E-state index is 14.4. The molecule has 2 aromatic carbocycles. The summed E-state index contributed by atoms with van der Waals surface area (Å²) in [6.45, 7) is 2.11. The van der Waals surface area contributed by atoms with Crippen LogP contribution in [0.25, 0.3) is 11.1 Å². The number of hydrogen-bond donors (Lipinski definition) is 0. The lowest BCUT2D eigenvalue weighted by atomic mass is 10.0. The molecule has 31 heavy (non-hydrogen) atoms. The third kappa shape index (κ3) is 4.73. The van der Waals surface area contributed by atoms with E-state index < -0.39 is 24.0 Å². The molecule has 6 nitrogen and oxygen atoms in total. The van der Waals surface area contributed by atoms with Crippen LogP contribution in [0.4, 0.5) is 22.4 Å². The van der Waals surface area contributed by atoms with Gasteiger partial charge in [-0.3, -0.25) is 4.90 Å². The van der Waals surface area contributed by atoms with Crippen molar-refractivity contribution >= 4 is 6.09 Å². The minimum Gasteiger partial charge on any atom is -0.410 e. The molecule has 1 aliphatic rings. The van der Waals surface area contributed by atoms with E-state index in [1.54, 1.807) is 25.3 Å². The van der Waals surface area contributed by atoms with Crippen molar-refractivity contribution in [3.63, 3.8) is 0 Å². The summed E-state index contributed by atoms with van der Waals surface area (Å²) in [6.07, 6.45) is -3.88. The molecule has 0 saturated heterocycles. The summed E-state index contributed by atoms with van der Waals surface area (Å²) in [5.74, 6) is -0.750. The molecule has 0 fully saturated rings. The largest absolute Gasteiger partial charge is 0.573 e. The standard InChI is InChI=1S/C21H15F4N3O3/c1-12-6-7-26-19(27-12)11-28-10-14-8-13(2-5-18(14)30-20(28)29)16-4-3-15(9-17(16)22)31-21(23,24)25/h2-9H,10-11H2,1H3. The van der Waals surface area contributed by atoms with E-state index in [0.29, 0.717) is 28.8 Å². The Balaban J connectivity index is 1.58. The van der Waals surface area contributed by atoms with Crippen molar-refractivity contribution in [2.75, 3.05) is 0 Å². The highest BCUT2D eigenvalue weighted by Crippen LogP contribution is 2.34. The van der Waals surface area contributed by atoms with Gasteiger partial charge in [0.05, 0.1) is 13.1 Å². The van der Waals surface area contributed by atoms with Gasteiger partial charge in [-0.25, -0.2) is 19.2 Å². The summed E-state index contributed by atoms with van der Waals surface area (Å²) in [6, 6.07) is 9.30. The summed E-state index contributed by atoms with van der Waals surface area (Å²) in [4.78, 5) is 22.1. The number of ether oxygens (including phenoxy) is 2. The molecule has 0 N–H and O–H groups in total. The molecule has 1 aromatic heterocycles. The van der Waals surface area contributed by atoms with Crippen molar-refractivity contribution < 1.29 is 31.8 Å². The normalized spacial score (nSPS) is 13.6. The summed E-state index contributed by atoms with van der Waals surface area (Å²) >= 11 is 0. The van der Waals surface area contributed by atoms with E-state index in [9.17, 15) is 22.4 Å². The van der Waals surface area contributed by atoms with Crippen LogP contribution in [0, 0.1) is 12.7 Å². The summed E-state index contributed by atoms with van der Waals surface area (Å²) < 4.78 is 60.5. The fourth-order valence-corrected chi connectivity index (χ4v) is 3.19. The Kier molecular flexibility index (Phi) is 5.22. The molecule has 1 aliphatic heterocycles. The first kappa shape index (κ1) is 20.6. The average Bonchev–Trinajstić information content (AvgIpc) is 2.67. The number of hydrogen-bond acceptors (Lipinski definition) is 5. The zero-order valence-electron chi connectivity index (χ0n) is 16.1. The van der Waals surface area contributed by atoms with Gasteiger partial charge in [-0.2, -0.15) is 0 Å². The topological polar surface area (TPSA) is 64.6 Å². The fraction of sp³-hybridized carbons (Fsp3) is 0.190. The van der Waals surface area contributed by atoms with Crippen LogP contribution >= 0.6 is 0 Å². The van der Waals surface area contributed by atoms with Crippen molar-refractivity contribution in [2.24, 2.45) is 0 Å². The minimum absolute atomic E-state index is 0.0859. The van der Waals surface area contributed by atoms with Crippen LogP contribution < -0.4 is 9.47 Å². The van der Waals surface area contributed by atoms with E-state index in [4.69, 9.17) is 4.74 Å². The summed E-state index contributed by atoms with van der Waals surface area (Å²) in [5.41, 5.74) is 1.87. The predicted octanol–water partition coefficient (Wildman–Crippen LogP) is 5.00. The molecular weight excluding hydrogens is 418 g/mol. The van der Waals surface area contributed by atoms with Crippen LogP contribution in [0.3, 0.4) is 0 Å². The number of rotatable bonds is 4. The molecule has 3 aromatic rings. The van der Waals surface area contributed by atoms with Crippen LogP contribution in [0.2, 0.25) is 0 Å². The van der Waals surface area contributed by atoms with Crippen molar-refractivity contribution in [1.29, 1.82) is 0 Å². The van der Waals surface area contributed by atoms with E-state index in [2.05, 4.69) is 14.7 Å². The minimum atomic E-state index is -4.91. The predicted molar refractivity (Wildman–Crippen MR) is 101 cm³/mol. The van der Waals surface area contributed by atoms with Crippen LogP contribution in [-0.4, -0.2) is 27.3 Å². The lowest BCUT2D eigenvalue weighted by Crippen LogP contribution is -2.37. The second kappa shape index (κ2) is 7.86. The number of carbonyl (C=O) groups excluding carboxylic acids is 1. The fourth-order valence-electron chi connectivity index (χ4n) is 3.19. The maximum Gasteiger partial charge on any atom is 0.573 e. The Hall–Kier alpha value is -3.69. The Bertz CT molecular complexity index is 1150. The van der Waals surface area contributed by atoms with E-state index in [1.807, 2.05) is 0 Å². The van der Waals surface area contributed by atoms with Gasteiger partial charge in [0.1, 0.15) is 23.1 Å². The van der Waals surface area contributed by atoms with Gasteiger partial charge in [0, 0.05) is 29.1 Å². The molecule has 0 spiro atoms. The van der Waals surface area contributed by atoms with Gasteiger partial charge in [0.2, 0.25) is 0 Å². The first-order valence-electron chi connectivity index (χ1n) is 9.12. The Labute approximate surface area is 174 Å². The van der Waals surface area contributed by atoms with Crippen LogP contribution in [0.5, 0.6) is 11.5 Å². The molecule has 0 atom stereocenters. The Morgan fingerprint density at radius 1 is 1.16 bits per heavy atom. The number of benzene rings is 2. The molecule has 0 unspecified atom stereocenters. The van der Waals surface area contributed by atoms with E-state index in [-0.39, 0.29) is 18.7 Å². The molecule has 10 heteroatoms. The zero-order chi connectivity index (χ0) is 22.2. The van der Waals surface area contributed by atoms with Crippen molar-refractivity contribution in [1.82, 2.24) is 14.9 Å². The molecule has 160 valence electrons. The van der Waals surface area contributed by atoms with E-state index >= 15 is 0 Å². The smallest absolute Gasteiger partial charge is 0.410 e. The van der Waals surface area contributed by atoms with E-state index in [1.165, 1.54) is 23.1 Å². The highest BCUT2D eigenvalue weighted by molar-refractivity contribution is 5.75. The molecule has 1 amide bonds. The molecular formula is C21H15F4N3O3. The van der Waals surface area contributed by atoms with Gasteiger partial charge >= 0.3 is 12.5 Å². The number of fused-ring (bicyclic) bond motifs is 1. The maximum atomic E-state index is 14.4. The first-order chi connectivity index (χ1) is 14.7. The lowest BCUT2D eigenvalue weighted by molar-refractivity contribution is -0.274. The van der Waals surface area contributed by atoms with Gasteiger partial charge in [0.25, 0.3) is 0 Å². The average molecular weight is 433 g/mol. The number of aromatic nitrogens is 2.